The van der Waals surface area contributed by atoms with Gasteiger partial charge in [0, 0.05) is 0 Å². The predicted molar refractivity (Wildman–Crippen MR) is 85.5 cm³/mol. The standard InChI is InChI=1S/C17H23FN3O2/c1-17(2,3)23-16(22)21(4)9-7-20(8-10-21)15-11-13(12-19)5-6-14(15)18/h5-6,11H,7-10H2,1-4H3/q+1. The number of benzene rings is 1. The second-order valence-electron chi connectivity index (χ2n) is 7.09. The van der Waals surface area contributed by atoms with Crippen molar-refractivity contribution in [3.05, 3.63) is 29.6 Å². The topological polar surface area (TPSA) is 53.3 Å². The number of carbonyl (C=O) groups is 1. The Bertz CT molecular complexity index is 638. The Morgan fingerprint density at radius 1 is 1.35 bits per heavy atom. The summed E-state index contributed by atoms with van der Waals surface area (Å²) in [5, 5.41) is 8.96. The van der Waals surface area contributed by atoms with E-state index in [1.54, 1.807) is 6.07 Å². The molecule has 0 saturated carbocycles. The molecular weight excluding hydrogens is 297 g/mol. The number of hydrogen-bond acceptors (Lipinski definition) is 4. The fourth-order valence-electron chi connectivity index (χ4n) is 2.53. The van der Waals surface area contributed by atoms with E-state index in [1.807, 2.05) is 38.8 Å². The minimum Gasteiger partial charge on any atom is -0.414 e. The number of hydrogen-bond donors (Lipinski definition) is 0. The van der Waals surface area contributed by atoms with Gasteiger partial charge in [-0.05, 0) is 39.0 Å². The van der Waals surface area contributed by atoms with Crippen LogP contribution in [0.2, 0.25) is 0 Å². The average molecular weight is 320 g/mol. The van der Waals surface area contributed by atoms with Crippen molar-refractivity contribution in [3.8, 4) is 6.07 Å². The van der Waals surface area contributed by atoms with E-state index in [9.17, 15) is 9.18 Å². The van der Waals surface area contributed by atoms with Gasteiger partial charge in [0.1, 0.15) is 24.5 Å². The van der Waals surface area contributed by atoms with Gasteiger partial charge < -0.3 is 9.64 Å². The molecule has 1 aliphatic heterocycles. The monoisotopic (exact) mass is 320 g/mol. The maximum absolute atomic E-state index is 14.0. The van der Waals surface area contributed by atoms with E-state index in [1.165, 1.54) is 12.1 Å². The van der Waals surface area contributed by atoms with Crippen molar-refractivity contribution in [3.63, 3.8) is 0 Å². The molecule has 1 aromatic rings. The summed E-state index contributed by atoms with van der Waals surface area (Å²) in [5.74, 6) is -0.350. The van der Waals surface area contributed by atoms with Gasteiger partial charge in [0.15, 0.2) is 0 Å². The van der Waals surface area contributed by atoms with E-state index in [0.717, 1.165) is 0 Å². The molecule has 23 heavy (non-hydrogen) atoms. The summed E-state index contributed by atoms with van der Waals surface area (Å²) in [6, 6.07) is 6.35. The van der Waals surface area contributed by atoms with Crippen LogP contribution in [0.15, 0.2) is 18.2 Å². The molecule has 0 aromatic heterocycles. The second kappa shape index (κ2) is 6.17. The second-order valence-corrected chi connectivity index (χ2v) is 7.09. The van der Waals surface area contributed by atoms with Crippen molar-refractivity contribution in [2.24, 2.45) is 0 Å². The molecule has 5 nitrogen and oxygen atoms in total. The first kappa shape index (κ1) is 17.2. The highest BCUT2D eigenvalue weighted by Crippen LogP contribution is 2.25. The Labute approximate surface area is 136 Å². The van der Waals surface area contributed by atoms with Gasteiger partial charge in [0.25, 0.3) is 0 Å². The summed E-state index contributed by atoms with van der Waals surface area (Å²) in [5.41, 5.74) is 0.318. The van der Waals surface area contributed by atoms with Crippen LogP contribution in [-0.4, -0.2) is 49.4 Å². The molecule has 1 saturated heterocycles. The lowest BCUT2D eigenvalue weighted by Gasteiger charge is -2.40. The number of amides is 1. The van der Waals surface area contributed by atoms with Gasteiger partial charge in [-0.25, -0.2) is 8.87 Å². The van der Waals surface area contributed by atoms with E-state index < -0.39 is 5.60 Å². The number of carbonyl (C=O) groups excluding carboxylic acids is 1. The van der Waals surface area contributed by atoms with Crippen molar-refractivity contribution in [2.45, 2.75) is 26.4 Å². The third-order valence-electron chi connectivity index (χ3n) is 3.98. The van der Waals surface area contributed by atoms with Crippen LogP contribution in [0.25, 0.3) is 0 Å². The number of quaternary nitrogens is 1. The first-order valence-electron chi connectivity index (χ1n) is 7.67. The summed E-state index contributed by atoms with van der Waals surface area (Å²) in [6.45, 7) is 7.65. The fraction of sp³-hybridized carbons (Fsp3) is 0.529. The number of nitriles is 1. The third kappa shape index (κ3) is 3.99. The minimum atomic E-state index is -0.525. The van der Waals surface area contributed by atoms with E-state index in [2.05, 4.69) is 0 Å². The number of halogens is 1. The normalized spacial score (nSPS) is 17.5. The van der Waals surface area contributed by atoms with Crippen LogP contribution in [0.3, 0.4) is 0 Å². The average Bonchev–Trinajstić information content (AvgIpc) is 2.47. The lowest BCUT2D eigenvalue weighted by molar-refractivity contribution is -0.839. The largest absolute Gasteiger partial charge is 0.516 e. The highest BCUT2D eigenvalue weighted by atomic mass is 19.1. The first-order valence-corrected chi connectivity index (χ1v) is 7.67. The molecule has 0 spiro atoms. The number of nitrogens with zero attached hydrogens (tertiary/aromatic N) is 3. The lowest BCUT2D eigenvalue weighted by atomic mass is 10.1. The zero-order chi connectivity index (χ0) is 17.3. The van der Waals surface area contributed by atoms with Crippen molar-refractivity contribution in [1.29, 1.82) is 5.26 Å². The third-order valence-corrected chi connectivity index (χ3v) is 3.98. The minimum absolute atomic E-state index is 0.174. The van der Waals surface area contributed by atoms with Crippen LogP contribution < -0.4 is 4.90 Å². The van der Waals surface area contributed by atoms with Crippen molar-refractivity contribution in [1.82, 2.24) is 0 Å². The SMILES string of the molecule is CC(C)(C)OC(=O)[N+]1(C)CCN(c2cc(C#N)ccc2F)CC1. The molecule has 124 valence electrons. The van der Waals surface area contributed by atoms with Gasteiger partial charge in [-0.15, -0.1) is 0 Å². The Hall–Kier alpha value is -2.13. The highest BCUT2D eigenvalue weighted by Gasteiger charge is 2.40. The summed E-state index contributed by atoms with van der Waals surface area (Å²) in [7, 11) is 1.84. The summed E-state index contributed by atoms with van der Waals surface area (Å²) in [6.07, 6.45) is -0.261. The first-order chi connectivity index (χ1) is 10.6. The quantitative estimate of drug-likeness (QED) is 0.747. The van der Waals surface area contributed by atoms with Crippen molar-refractivity contribution < 1.29 is 18.4 Å². The Kier molecular flexibility index (Phi) is 4.62. The highest BCUT2D eigenvalue weighted by molar-refractivity contribution is 5.61. The molecule has 0 atom stereocenters. The molecule has 0 N–H and O–H groups in total. The maximum atomic E-state index is 14.0. The van der Waals surface area contributed by atoms with Gasteiger partial charge in [-0.3, -0.25) is 0 Å². The smallest absolute Gasteiger partial charge is 0.414 e. The predicted octanol–water partition coefficient (Wildman–Crippen LogP) is 2.90. The Balaban J connectivity index is 2.09. The van der Waals surface area contributed by atoms with E-state index in [-0.39, 0.29) is 16.4 Å². The molecule has 0 aliphatic carbocycles. The van der Waals surface area contributed by atoms with Crippen molar-refractivity contribution >= 4 is 11.8 Å². The Morgan fingerprint density at radius 3 is 2.48 bits per heavy atom. The molecule has 1 heterocycles. The van der Waals surface area contributed by atoms with Crippen LogP contribution in [0, 0.1) is 17.1 Å². The number of ether oxygens (including phenoxy) is 1. The van der Waals surface area contributed by atoms with E-state index in [4.69, 9.17) is 10.00 Å². The Morgan fingerprint density at radius 2 is 1.96 bits per heavy atom. The molecule has 1 aromatic carbocycles. The zero-order valence-electron chi connectivity index (χ0n) is 14.1. The summed E-state index contributed by atoms with van der Waals surface area (Å²) in [4.78, 5) is 14.2. The van der Waals surface area contributed by atoms with Gasteiger partial charge in [0.2, 0.25) is 0 Å². The van der Waals surface area contributed by atoms with E-state index in [0.29, 0.717) is 37.4 Å². The molecule has 1 aliphatic rings. The number of piperazine rings is 1. The van der Waals surface area contributed by atoms with Crippen LogP contribution >= 0.6 is 0 Å². The van der Waals surface area contributed by atoms with Crippen LogP contribution in [0.4, 0.5) is 14.9 Å². The zero-order valence-corrected chi connectivity index (χ0v) is 14.1. The summed E-state index contributed by atoms with van der Waals surface area (Å²) >= 11 is 0. The van der Waals surface area contributed by atoms with Gasteiger partial charge in [0.05, 0.1) is 37.5 Å². The molecule has 0 radical (unpaired) electrons. The number of likely N-dealkylation sites (N-methyl/N-ethyl adjacent to an activating group) is 1. The van der Waals surface area contributed by atoms with Gasteiger partial charge in [-0.1, -0.05) is 0 Å². The van der Waals surface area contributed by atoms with Crippen LogP contribution in [0.1, 0.15) is 26.3 Å². The summed E-state index contributed by atoms with van der Waals surface area (Å²) < 4.78 is 19.7. The van der Waals surface area contributed by atoms with Gasteiger partial charge >= 0.3 is 6.09 Å². The van der Waals surface area contributed by atoms with Crippen LogP contribution in [-0.2, 0) is 4.74 Å². The molecule has 6 heteroatoms. The fourth-order valence-corrected chi connectivity index (χ4v) is 2.53. The molecular formula is C17H23FN3O2+. The maximum Gasteiger partial charge on any atom is 0.516 e. The van der Waals surface area contributed by atoms with Gasteiger partial charge in [-0.2, -0.15) is 10.1 Å². The van der Waals surface area contributed by atoms with Crippen molar-refractivity contribution in [2.75, 3.05) is 38.1 Å². The molecule has 2 rings (SSSR count). The lowest BCUT2D eigenvalue weighted by Crippen LogP contribution is -2.61. The molecule has 0 bridgehead atoms. The molecule has 1 fully saturated rings. The molecule has 0 unspecified atom stereocenters. The van der Waals surface area contributed by atoms with Crippen LogP contribution in [0.5, 0.6) is 0 Å². The van der Waals surface area contributed by atoms with E-state index >= 15 is 0 Å². The number of rotatable bonds is 1. The number of anilines is 1. The molecule has 1 amide bonds.